The Labute approximate surface area is 253 Å². The first-order chi connectivity index (χ1) is 19.7. The number of esters is 1. The van der Waals surface area contributed by atoms with Crippen molar-refractivity contribution in [2.75, 3.05) is 7.11 Å². The number of aliphatic carboxylic acids is 1. The lowest BCUT2D eigenvalue weighted by molar-refractivity contribution is -0.227. The first kappa shape index (κ1) is 29.7. The molecule has 0 radical (unpaired) electrons. The highest BCUT2D eigenvalue weighted by atomic mass is 16.5. The summed E-state index contributed by atoms with van der Waals surface area (Å²) < 4.78 is 4.92. The van der Waals surface area contributed by atoms with E-state index >= 15 is 0 Å². The molecule has 5 aliphatic rings. The molecule has 1 aromatic carbocycles. The molecule has 4 nitrogen and oxygen atoms in total. The van der Waals surface area contributed by atoms with Crippen LogP contribution in [0.25, 0.3) is 5.57 Å². The Bertz CT molecular complexity index is 1340. The number of fused-ring (bicyclic) bond motifs is 7. The molecule has 4 fully saturated rings. The van der Waals surface area contributed by atoms with Crippen LogP contribution in [0.4, 0.5) is 0 Å². The highest BCUT2D eigenvalue weighted by Gasteiger charge is 2.71. The topological polar surface area (TPSA) is 63.6 Å². The summed E-state index contributed by atoms with van der Waals surface area (Å²) in [5.74, 6) is 1.35. The molecule has 0 amide bonds. The number of ether oxygens (including phenoxy) is 1. The third-order valence-corrected chi connectivity index (χ3v) is 14.7. The number of methoxy groups -OCH3 is 1. The van der Waals surface area contributed by atoms with Crippen LogP contribution >= 0.6 is 0 Å². The zero-order chi connectivity index (χ0) is 30.5. The van der Waals surface area contributed by atoms with Crippen molar-refractivity contribution in [2.45, 2.75) is 99.3 Å². The molecule has 9 atom stereocenters. The monoisotopic (exact) mass is 572 g/mol. The molecular formula is C38H52O4. The average molecular weight is 573 g/mol. The fourth-order valence-electron chi connectivity index (χ4n) is 12.5. The minimum absolute atomic E-state index is 0.0143. The Hall–Kier alpha value is -2.36. The molecule has 0 bridgehead atoms. The van der Waals surface area contributed by atoms with Gasteiger partial charge in [-0.3, -0.25) is 4.79 Å². The van der Waals surface area contributed by atoms with Gasteiger partial charge in [-0.1, -0.05) is 65.0 Å². The number of rotatable bonds is 4. The van der Waals surface area contributed by atoms with Crippen molar-refractivity contribution in [3.05, 3.63) is 53.6 Å². The highest BCUT2D eigenvalue weighted by Crippen LogP contribution is 2.77. The zero-order valence-corrected chi connectivity index (χ0v) is 27.0. The maximum atomic E-state index is 12.9. The molecular weight excluding hydrogens is 520 g/mol. The van der Waals surface area contributed by atoms with Crippen molar-refractivity contribution in [2.24, 2.45) is 56.7 Å². The quantitative estimate of drug-likeness (QED) is 0.289. The van der Waals surface area contributed by atoms with Crippen LogP contribution in [-0.2, 0) is 9.53 Å². The fourth-order valence-corrected chi connectivity index (χ4v) is 12.5. The lowest BCUT2D eigenvalue weighted by Crippen LogP contribution is -2.65. The lowest BCUT2D eigenvalue weighted by Gasteiger charge is -2.72. The normalized spacial score (nSPS) is 43.6. The summed E-state index contributed by atoms with van der Waals surface area (Å²) >= 11 is 0. The lowest BCUT2D eigenvalue weighted by atomic mass is 9.32. The van der Waals surface area contributed by atoms with Crippen molar-refractivity contribution < 1.29 is 19.4 Å². The van der Waals surface area contributed by atoms with Gasteiger partial charge in [0.05, 0.1) is 18.1 Å². The van der Waals surface area contributed by atoms with Crippen LogP contribution in [0, 0.1) is 56.7 Å². The average Bonchev–Trinajstić information content (AvgIpc) is 3.34. The van der Waals surface area contributed by atoms with Crippen LogP contribution in [0.1, 0.15) is 115 Å². The summed E-state index contributed by atoms with van der Waals surface area (Å²) in [4.78, 5) is 25.0. The number of carboxylic acids is 1. The predicted octanol–water partition coefficient (Wildman–Crippen LogP) is 9.21. The molecule has 5 aliphatic carbocycles. The first-order valence-corrected chi connectivity index (χ1v) is 16.5. The number of benzene rings is 1. The van der Waals surface area contributed by atoms with Crippen molar-refractivity contribution in [3.8, 4) is 0 Å². The van der Waals surface area contributed by atoms with Gasteiger partial charge in [-0.15, -0.1) is 0 Å². The predicted molar refractivity (Wildman–Crippen MR) is 168 cm³/mol. The van der Waals surface area contributed by atoms with E-state index in [1.54, 1.807) is 0 Å². The number of carbonyl (C=O) groups is 2. The van der Waals surface area contributed by atoms with E-state index in [0.29, 0.717) is 29.2 Å². The van der Waals surface area contributed by atoms with E-state index in [2.05, 4.69) is 66.3 Å². The number of carboxylic acid groups (broad SMARTS) is 1. The Morgan fingerprint density at radius 1 is 0.881 bits per heavy atom. The molecule has 0 unspecified atom stereocenters. The SMILES string of the molecule is C=C(C)[C@@H]1CC[C@]2(C(=O)O)CC[C@]3(C)[C@H](CC[C@@H]4[C@@]5(C)CC=C(c6ccc(C(=O)OC)cc6)C(C)(C)[C@@H]5CC[C@]43C)[C@@H]12. The molecule has 6 rings (SSSR count). The van der Waals surface area contributed by atoms with Crippen LogP contribution in [0.5, 0.6) is 0 Å². The van der Waals surface area contributed by atoms with Gasteiger partial charge in [0.1, 0.15) is 0 Å². The van der Waals surface area contributed by atoms with Gasteiger partial charge >= 0.3 is 11.9 Å². The minimum atomic E-state index is -0.564. The van der Waals surface area contributed by atoms with E-state index in [0.717, 1.165) is 38.5 Å². The second-order valence-electron chi connectivity index (χ2n) is 16.3. The van der Waals surface area contributed by atoms with Gasteiger partial charge < -0.3 is 9.84 Å². The Morgan fingerprint density at radius 2 is 1.57 bits per heavy atom. The molecule has 4 heteroatoms. The Morgan fingerprint density at radius 3 is 2.19 bits per heavy atom. The van der Waals surface area contributed by atoms with Crippen LogP contribution < -0.4 is 0 Å². The molecule has 1 N–H and O–H groups in total. The van der Waals surface area contributed by atoms with Gasteiger partial charge in [-0.2, -0.15) is 0 Å². The fraction of sp³-hybridized carbons (Fsp3) is 0.684. The number of hydrogen-bond donors (Lipinski definition) is 1. The molecule has 4 saturated carbocycles. The zero-order valence-electron chi connectivity index (χ0n) is 27.0. The number of carbonyl (C=O) groups excluding carboxylic acids is 1. The van der Waals surface area contributed by atoms with Gasteiger partial charge in [0, 0.05) is 0 Å². The Balaban J connectivity index is 1.36. The summed E-state index contributed by atoms with van der Waals surface area (Å²) in [5, 5.41) is 10.6. The third-order valence-electron chi connectivity index (χ3n) is 14.7. The molecule has 0 saturated heterocycles. The van der Waals surface area contributed by atoms with E-state index in [1.807, 2.05) is 12.1 Å². The molecule has 0 aliphatic heterocycles. The van der Waals surface area contributed by atoms with Gasteiger partial charge in [0.25, 0.3) is 0 Å². The van der Waals surface area contributed by atoms with Crippen LogP contribution in [-0.4, -0.2) is 24.2 Å². The molecule has 0 spiro atoms. The summed E-state index contributed by atoms with van der Waals surface area (Å²) in [6.07, 6.45) is 12.0. The van der Waals surface area contributed by atoms with Crippen LogP contribution in [0.3, 0.4) is 0 Å². The van der Waals surface area contributed by atoms with E-state index < -0.39 is 11.4 Å². The van der Waals surface area contributed by atoms with Crippen LogP contribution in [0.15, 0.2) is 42.5 Å². The second-order valence-corrected chi connectivity index (χ2v) is 16.3. The molecule has 228 valence electrons. The first-order valence-electron chi connectivity index (χ1n) is 16.5. The molecule has 42 heavy (non-hydrogen) atoms. The van der Waals surface area contributed by atoms with Gasteiger partial charge in [-0.05, 0) is 139 Å². The van der Waals surface area contributed by atoms with E-state index in [1.165, 1.54) is 43.1 Å². The summed E-state index contributed by atoms with van der Waals surface area (Å²) in [5.41, 5.74) is 4.39. The number of hydrogen-bond acceptors (Lipinski definition) is 3. The van der Waals surface area contributed by atoms with Crippen molar-refractivity contribution in [1.82, 2.24) is 0 Å². The summed E-state index contributed by atoms with van der Waals surface area (Å²) in [6.45, 7) is 19.2. The van der Waals surface area contributed by atoms with Crippen molar-refractivity contribution >= 4 is 17.5 Å². The molecule has 1 aromatic rings. The standard InChI is InChI=1S/C38H52O4/c1-23(2)26-15-20-38(33(40)41)22-21-36(6)28(31(26)38)13-14-30-35(5)18-16-27(24-9-11-25(12-10-24)32(39)42-8)34(3,4)29(35)17-19-37(30,36)7/h9-12,16,26,28-31H,1,13-15,17-22H2,2-8H3,(H,40,41)/t26-,28+,29-,30+,31+,35-,36+,37+,38-/m0/s1. The van der Waals surface area contributed by atoms with Crippen molar-refractivity contribution in [3.63, 3.8) is 0 Å². The van der Waals surface area contributed by atoms with Crippen molar-refractivity contribution in [1.29, 1.82) is 0 Å². The minimum Gasteiger partial charge on any atom is -0.481 e. The van der Waals surface area contributed by atoms with E-state index in [4.69, 9.17) is 4.74 Å². The largest absolute Gasteiger partial charge is 0.481 e. The van der Waals surface area contributed by atoms with Gasteiger partial charge in [0.15, 0.2) is 0 Å². The van der Waals surface area contributed by atoms with E-state index in [-0.39, 0.29) is 33.5 Å². The summed E-state index contributed by atoms with van der Waals surface area (Å²) in [7, 11) is 1.43. The van der Waals surface area contributed by atoms with Gasteiger partial charge in [-0.25, -0.2) is 4.79 Å². The molecule has 0 aromatic heterocycles. The summed E-state index contributed by atoms with van der Waals surface area (Å²) in [6, 6.07) is 7.98. The maximum Gasteiger partial charge on any atom is 0.337 e. The molecule has 0 heterocycles. The van der Waals surface area contributed by atoms with E-state index in [9.17, 15) is 14.7 Å². The Kier molecular flexibility index (Phi) is 6.77. The van der Waals surface area contributed by atoms with Gasteiger partial charge in [0.2, 0.25) is 0 Å². The maximum absolute atomic E-state index is 12.9. The third kappa shape index (κ3) is 3.71. The number of allylic oxidation sites excluding steroid dienone is 3. The smallest absolute Gasteiger partial charge is 0.337 e. The second kappa shape index (κ2) is 9.57. The highest BCUT2D eigenvalue weighted by molar-refractivity contribution is 5.90. The van der Waals surface area contributed by atoms with Crippen LogP contribution in [0.2, 0.25) is 0 Å².